The second kappa shape index (κ2) is 9.32. The van der Waals surface area contributed by atoms with E-state index < -0.39 is 0 Å². The number of methoxy groups -OCH3 is 3. The molecule has 9 heteroatoms. The molecule has 0 spiro atoms. The number of hydrogen-bond donors (Lipinski definition) is 1. The van der Waals surface area contributed by atoms with E-state index in [1.54, 1.807) is 51.1 Å². The predicted molar refractivity (Wildman–Crippen MR) is 116 cm³/mol. The van der Waals surface area contributed by atoms with Gasteiger partial charge in [0.2, 0.25) is 5.91 Å². The number of aryl methyl sites for hydroxylation is 2. The summed E-state index contributed by atoms with van der Waals surface area (Å²) in [7, 11) is 4.71. The van der Waals surface area contributed by atoms with Gasteiger partial charge in [-0.05, 0) is 25.5 Å². The molecule has 0 unspecified atom stereocenters. The Morgan fingerprint density at radius 2 is 1.76 bits per heavy atom. The van der Waals surface area contributed by atoms with E-state index in [4.69, 9.17) is 14.2 Å². The third-order valence-electron chi connectivity index (χ3n) is 4.53. The average molecular weight is 434 g/mol. The molecule has 1 N–H and O–H groups in total. The van der Waals surface area contributed by atoms with Crippen LogP contribution in [0.3, 0.4) is 0 Å². The van der Waals surface area contributed by atoms with Crippen molar-refractivity contribution in [2.45, 2.75) is 25.4 Å². The molecule has 0 radical (unpaired) electrons. The zero-order valence-electron chi connectivity index (χ0n) is 17.0. The number of ether oxygens (including phenoxy) is 3. The Morgan fingerprint density at radius 1 is 1.07 bits per heavy atom. The maximum Gasteiger partial charge on any atom is 0.230 e. The van der Waals surface area contributed by atoms with Gasteiger partial charge in [-0.3, -0.25) is 4.79 Å². The van der Waals surface area contributed by atoms with Gasteiger partial charge in [-0.25, -0.2) is 9.97 Å². The molecule has 2 aromatic heterocycles. The average Bonchev–Trinajstić information content (AvgIpc) is 3.04. The van der Waals surface area contributed by atoms with Gasteiger partial charge in [-0.1, -0.05) is 11.8 Å². The van der Waals surface area contributed by atoms with Gasteiger partial charge in [0.15, 0.2) is 11.5 Å². The molecule has 0 aliphatic carbocycles. The van der Waals surface area contributed by atoms with E-state index in [0.29, 0.717) is 23.8 Å². The number of thiophene rings is 1. The molecular formula is C20H23N3O4S2. The van der Waals surface area contributed by atoms with Crippen LogP contribution >= 0.6 is 23.1 Å². The summed E-state index contributed by atoms with van der Waals surface area (Å²) in [6.45, 7) is 4.45. The number of thioether (sulfide) groups is 1. The number of benzene rings is 1. The lowest BCUT2D eigenvalue weighted by Crippen LogP contribution is -2.25. The Labute approximate surface area is 177 Å². The van der Waals surface area contributed by atoms with Crippen LogP contribution in [-0.2, 0) is 11.3 Å². The van der Waals surface area contributed by atoms with Gasteiger partial charge in [-0.2, -0.15) is 0 Å². The van der Waals surface area contributed by atoms with Gasteiger partial charge >= 0.3 is 0 Å². The quantitative estimate of drug-likeness (QED) is 0.428. The molecule has 0 saturated carbocycles. The van der Waals surface area contributed by atoms with E-state index in [-0.39, 0.29) is 11.7 Å². The number of aromatic nitrogens is 2. The van der Waals surface area contributed by atoms with Gasteiger partial charge in [0.1, 0.15) is 21.9 Å². The molecule has 7 nitrogen and oxygen atoms in total. The van der Waals surface area contributed by atoms with E-state index >= 15 is 0 Å². The highest BCUT2D eigenvalue weighted by Crippen LogP contribution is 2.35. The van der Waals surface area contributed by atoms with E-state index in [0.717, 1.165) is 20.8 Å². The van der Waals surface area contributed by atoms with Crippen molar-refractivity contribution in [2.24, 2.45) is 0 Å². The summed E-state index contributed by atoms with van der Waals surface area (Å²) in [5.74, 6) is 1.94. The van der Waals surface area contributed by atoms with Crippen LogP contribution in [0.1, 0.15) is 16.0 Å². The number of carbonyl (C=O) groups excluding carboxylic acids is 1. The lowest BCUT2D eigenvalue weighted by molar-refractivity contribution is -0.118. The molecule has 154 valence electrons. The van der Waals surface area contributed by atoms with Crippen LogP contribution in [-0.4, -0.2) is 43.0 Å². The van der Waals surface area contributed by atoms with Crippen LogP contribution in [0.25, 0.3) is 10.2 Å². The molecule has 1 aromatic carbocycles. The standard InChI is InChI=1S/C20H23N3O4S2/c1-11-12(2)29-20-18(11)19(22-10-23-20)28-9-17(24)21-8-13-6-15(26-4)16(27-5)7-14(13)25-3/h6-7,10H,8-9H2,1-5H3,(H,21,24). The highest BCUT2D eigenvalue weighted by Gasteiger charge is 2.15. The summed E-state index contributed by atoms with van der Waals surface area (Å²) >= 11 is 3.06. The number of nitrogens with one attached hydrogen (secondary N) is 1. The molecule has 29 heavy (non-hydrogen) atoms. The summed E-state index contributed by atoms with van der Waals surface area (Å²) in [5, 5.41) is 4.79. The lowest BCUT2D eigenvalue weighted by Gasteiger charge is -2.14. The number of amides is 1. The number of fused-ring (bicyclic) bond motifs is 1. The van der Waals surface area contributed by atoms with Gasteiger partial charge in [0.25, 0.3) is 0 Å². The van der Waals surface area contributed by atoms with Gasteiger partial charge in [0, 0.05) is 28.4 Å². The fraction of sp³-hybridized carbons (Fsp3) is 0.350. The van der Waals surface area contributed by atoms with Crippen molar-refractivity contribution < 1.29 is 19.0 Å². The second-order valence-corrected chi connectivity index (χ2v) is 8.39. The first-order valence-electron chi connectivity index (χ1n) is 8.87. The van der Waals surface area contributed by atoms with Crippen LogP contribution in [0.4, 0.5) is 0 Å². The monoisotopic (exact) mass is 433 g/mol. The summed E-state index contributed by atoms with van der Waals surface area (Å²) in [5.41, 5.74) is 1.97. The van der Waals surface area contributed by atoms with Crippen molar-refractivity contribution in [3.05, 3.63) is 34.5 Å². The third-order valence-corrected chi connectivity index (χ3v) is 6.64. The number of nitrogens with zero attached hydrogens (tertiary/aromatic N) is 2. The van der Waals surface area contributed by atoms with Gasteiger partial charge < -0.3 is 19.5 Å². The van der Waals surface area contributed by atoms with Crippen LogP contribution < -0.4 is 19.5 Å². The first-order chi connectivity index (χ1) is 14.0. The van der Waals surface area contributed by atoms with Crippen LogP contribution in [0.5, 0.6) is 17.2 Å². The molecule has 3 aromatic rings. The van der Waals surface area contributed by atoms with E-state index in [1.165, 1.54) is 22.2 Å². The van der Waals surface area contributed by atoms with Crippen molar-refractivity contribution in [1.29, 1.82) is 0 Å². The molecule has 0 saturated heterocycles. The Kier molecular flexibility index (Phi) is 6.81. The van der Waals surface area contributed by atoms with Crippen molar-refractivity contribution in [2.75, 3.05) is 27.1 Å². The normalized spacial score (nSPS) is 10.8. The highest BCUT2D eigenvalue weighted by molar-refractivity contribution is 8.00. The maximum atomic E-state index is 12.4. The highest BCUT2D eigenvalue weighted by atomic mass is 32.2. The molecule has 0 atom stereocenters. The zero-order valence-corrected chi connectivity index (χ0v) is 18.6. The second-order valence-electron chi connectivity index (χ2n) is 6.23. The third kappa shape index (κ3) is 4.56. The first-order valence-corrected chi connectivity index (χ1v) is 10.7. The van der Waals surface area contributed by atoms with Gasteiger partial charge in [0.05, 0.1) is 27.1 Å². The largest absolute Gasteiger partial charge is 0.496 e. The first kappa shape index (κ1) is 21.2. The smallest absolute Gasteiger partial charge is 0.230 e. The van der Waals surface area contributed by atoms with Crippen molar-refractivity contribution in [3.8, 4) is 17.2 Å². The fourth-order valence-electron chi connectivity index (χ4n) is 2.87. The summed E-state index contributed by atoms with van der Waals surface area (Å²) < 4.78 is 16.0. The molecule has 0 aliphatic rings. The molecule has 1 amide bonds. The minimum absolute atomic E-state index is 0.0943. The minimum atomic E-state index is -0.0943. The Hall–Kier alpha value is -2.52. The Morgan fingerprint density at radius 3 is 2.45 bits per heavy atom. The molecule has 3 rings (SSSR count). The Balaban J connectivity index is 1.67. The topological polar surface area (TPSA) is 82.6 Å². The Bertz CT molecular complexity index is 1040. The van der Waals surface area contributed by atoms with E-state index in [2.05, 4.69) is 29.1 Å². The molecular weight excluding hydrogens is 410 g/mol. The fourth-order valence-corrected chi connectivity index (χ4v) is 4.82. The van der Waals surface area contributed by atoms with Crippen molar-refractivity contribution in [1.82, 2.24) is 15.3 Å². The van der Waals surface area contributed by atoms with E-state index in [9.17, 15) is 4.79 Å². The lowest BCUT2D eigenvalue weighted by atomic mass is 10.1. The molecule has 0 aliphatic heterocycles. The summed E-state index contributed by atoms with van der Waals surface area (Å²) in [6, 6.07) is 3.55. The van der Waals surface area contributed by atoms with Crippen molar-refractivity contribution in [3.63, 3.8) is 0 Å². The minimum Gasteiger partial charge on any atom is -0.496 e. The zero-order chi connectivity index (χ0) is 21.0. The number of carbonyl (C=O) groups is 1. The number of rotatable bonds is 8. The molecule has 2 heterocycles. The van der Waals surface area contributed by atoms with Gasteiger partial charge in [-0.15, -0.1) is 11.3 Å². The van der Waals surface area contributed by atoms with Crippen LogP contribution in [0.2, 0.25) is 0 Å². The van der Waals surface area contributed by atoms with Crippen LogP contribution in [0.15, 0.2) is 23.5 Å². The molecule has 0 bridgehead atoms. The summed E-state index contributed by atoms with van der Waals surface area (Å²) in [4.78, 5) is 23.3. The predicted octanol–water partition coefficient (Wildman–Crippen LogP) is 3.74. The van der Waals surface area contributed by atoms with Crippen molar-refractivity contribution >= 4 is 39.2 Å². The van der Waals surface area contributed by atoms with E-state index in [1.807, 2.05) is 0 Å². The maximum absolute atomic E-state index is 12.4. The van der Waals surface area contributed by atoms with Crippen LogP contribution in [0, 0.1) is 13.8 Å². The molecule has 0 fully saturated rings. The summed E-state index contributed by atoms with van der Waals surface area (Å²) in [6.07, 6.45) is 1.55. The number of hydrogen-bond acceptors (Lipinski definition) is 8. The SMILES string of the molecule is COc1cc(OC)c(OC)cc1CNC(=O)CSc1ncnc2sc(C)c(C)c12.